The zero-order valence-electron chi connectivity index (χ0n) is 49.9. The summed E-state index contributed by atoms with van der Waals surface area (Å²) in [6.07, 6.45) is 75.6. The minimum Gasteiger partial charge on any atom is -0.466 e. The molecule has 0 aliphatic rings. The van der Waals surface area contributed by atoms with Crippen molar-refractivity contribution < 1.29 is 24.5 Å². The Morgan fingerprint density at radius 1 is 0.329 bits per heavy atom. The minimum atomic E-state index is -0.664. The molecule has 0 saturated heterocycles. The summed E-state index contributed by atoms with van der Waals surface area (Å²) in [5.74, 6) is -0.0138. The van der Waals surface area contributed by atoms with Gasteiger partial charge in [-0.25, -0.2) is 0 Å². The van der Waals surface area contributed by atoms with E-state index in [9.17, 15) is 19.8 Å². The number of unbranched alkanes of at least 4 members (excludes halogenated alkanes) is 53. The largest absolute Gasteiger partial charge is 0.466 e. The number of hydrogen-bond donors (Lipinski definition) is 3. The molecule has 0 fully saturated rings. The number of carbonyl (C=O) groups excluding carboxylic acids is 2. The van der Waals surface area contributed by atoms with Crippen LogP contribution in [-0.4, -0.2) is 47.4 Å². The third kappa shape index (κ3) is 60.0. The van der Waals surface area contributed by atoms with Crippen LogP contribution < -0.4 is 5.32 Å². The molecule has 6 nitrogen and oxygen atoms in total. The maximum atomic E-state index is 12.5. The first kappa shape index (κ1) is 71.9. The Balaban J connectivity index is 3.34. The average Bonchev–Trinajstić information content (AvgIpc) is 3.39. The quantitative estimate of drug-likeness (QED) is 0.0417. The summed E-state index contributed by atoms with van der Waals surface area (Å²) in [5, 5.41) is 23.3. The van der Waals surface area contributed by atoms with Crippen LogP contribution in [0.1, 0.15) is 393 Å². The van der Waals surface area contributed by atoms with Crippen LogP contribution >= 0.6 is 0 Å². The number of aliphatic hydroxyl groups is 2. The summed E-state index contributed by atoms with van der Waals surface area (Å²) in [5.41, 5.74) is 0. The lowest BCUT2D eigenvalue weighted by atomic mass is 10.0. The van der Waals surface area contributed by atoms with E-state index < -0.39 is 12.1 Å². The van der Waals surface area contributed by atoms with E-state index in [1.165, 1.54) is 321 Å². The van der Waals surface area contributed by atoms with Gasteiger partial charge in [-0.15, -0.1) is 0 Å². The first-order chi connectivity index (χ1) is 36.0. The van der Waals surface area contributed by atoms with Gasteiger partial charge in [0.1, 0.15) is 0 Å². The third-order valence-electron chi connectivity index (χ3n) is 16.2. The van der Waals surface area contributed by atoms with Crippen LogP contribution in [0.2, 0.25) is 0 Å². The van der Waals surface area contributed by atoms with E-state index >= 15 is 0 Å². The average molecular weight is 1030 g/mol. The maximum absolute atomic E-state index is 12.5. The van der Waals surface area contributed by atoms with E-state index in [2.05, 4.69) is 19.2 Å². The molecular formula is C67H133NO5. The van der Waals surface area contributed by atoms with Gasteiger partial charge in [0.2, 0.25) is 5.91 Å². The van der Waals surface area contributed by atoms with Crippen LogP contribution in [0, 0.1) is 0 Å². The highest BCUT2D eigenvalue weighted by atomic mass is 16.5. The number of aliphatic hydroxyl groups excluding tert-OH is 2. The van der Waals surface area contributed by atoms with Gasteiger partial charge in [0.15, 0.2) is 0 Å². The lowest BCUT2D eigenvalue weighted by Crippen LogP contribution is -2.45. The Hall–Kier alpha value is -1.14. The van der Waals surface area contributed by atoms with Crippen molar-refractivity contribution in [2.24, 2.45) is 0 Å². The minimum absolute atomic E-state index is 0.0182. The van der Waals surface area contributed by atoms with Crippen LogP contribution in [-0.2, 0) is 14.3 Å². The zero-order chi connectivity index (χ0) is 52.9. The first-order valence-electron chi connectivity index (χ1n) is 33.8. The van der Waals surface area contributed by atoms with Crippen molar-refractivity contribution in [3.8, 4) is 0 Å². The van der Waals surface area contributed by atoms with Gasteiger partial charge in [0.05, 0.1) is 25.4 Å². The van der Waals surface area contributed by atoms with Gasteiger partial charge in [-0.05, 0) is 25.7 Å². The Bertz CT molecular complexity index is 1050. The molecule has 436 valence electrons. The van der Waals surface area contributed by atoms with Gasteiger partial charge in [0.25, 0.3) is 0 Å². The Labute approximate surface area is 457 Å². The molecule has 73 heavy (non-hydrogen) atoms. The van der Waals surface area contributed by atoms with Crippen molar-refractivity contribution in [3.05, 3.63) is 0 Å². The third-order valence-corrected chi connectivity index (χ3v) is 16.2. The molecule has 2 unspecified atom stereocenters. The molecule has 0 aromatic carbocycles. The van der Waals surface area contributed by atoms with Crippen LogP contribution in [0.4, 0.5) is 0 Å². The number of hydrogen-bond acceptors (Lipinski definition) is 5. The van der Waals surface area contributed by atoms with Crippen LogP contribution in [0.5, 0.6) is 0 Å². The Kier molecular flexibility index (Phi) is 62.4. The van der Waals surface area contributed by atoms with Crippen molar-refractivity contribution >= 4 is 11.9 Å². The molecule has 0 aromatic heterocycles. The second-order valence-corrected chi connectivity index (χ2v) is 23.5. The molecule has 0 heterocycles. The van der Waals surface area contributed by atoms with Crippen molar-refractivity contribution in [1.82, 2.24) is 5.32 Å². The SMILES string of the molecule is CCCCCCCCCCCCCCCCCCCCCC(=O)OCCCCCCCCCCCCCCCCCCCCCCCC(=O)NC(CO)C(O)CCCCCCCCCCCCCCCCCC. The molecule has 0 radical (unpaired) electrons. The molecule has 6 heteroatoms. The first-order valence-corrected chi connectivity index (χ1v) is 33.8. The van der Waals surface area contributed by atoms with E-state index in [0.29, 0.717) is 25.9 Å². The van der Waals surface area contributed by atoms with Gasteiger partial charge in [-0.2, -0.15) is 0 Å². The molecule has 0 bridgehead atoms. The highest BCUT2D eigenvalue weighted by Gasteiger charge is 2.20. The fourth-order valence-corrected chi connectivity index (χ4v) is 11.0. The molecular weight excluding hydrogens is 899 g/mol. The molecule has 0 rings (SSSR count). The molecule has 2 atom stereocenters. The van der Waals surface area contributed by atoms with E-state index in [1.807, 2.05) is 0 Å². The topological polar surface area (TPSA) is 95.9 Å². The molecule has 0 saturated carbocycles. The molecule has 3 N–H and O–H groups in total. The van der Waals surface area contributed by atoms with Crippen LogP contribution in [0.15, 0.2) is 0 Å². The lowest BCUT2D eigenvalue weighted by Gasteiger charge is -2.22. The summed E-state index contributed by atoms with van der Waals surface area (Å²) in [6, 6.07) is -0.541. The van der Waals surface area contributed by atoms with Gasteiger partial charge >= 0.3 is 5.97 Å². The number of carbonyl (C=O) groups is 2. The van der Waals surface area contributed by atoms with Crippen molar-refractivity contribution in [2.45, 2.75) is 405 Å². The molecule has 1 amide bonds. The molecule has 0 aliphatic carbocycles. The monoisotopic (exact) mass is 1030 g/mol. The standard InChI is InChI=1S/C67H133NO5/c1-3-5-7-9-11-13-15-17-19-21-25-29-33-37-41-45-49-53-57-61-67(72)73-62-58-54-50-46-42-38-34-30-27-24-22-23-26-28-32-36-40-44-48-52-56-60-66(71)68-64(63-69)65(70)59-55-51-47-43-39-35-31-20-18-16-14-12-10-8-6-4-2/h64-65,69-70H,3-63H2,1-2H3,(H,68,71). The van der Waals surface area contributed by atoms with Crippen molar-refractivity contribution in [2.75, 3.05) is 13.2 Å². The number of ether oxygens (including phenoxy) is 1. The fourth-order valence-electron chi connectivity index (χ4n) is 11.0. The molecule has 0 aromatic rings. The Morgan fingerprint density at radius 3 is 0.836 bits per heavy atom. The van der Waals surface area contributed by atoms with Gasteiger partial charge in [0, 0.05) is 12.8 Å². The highest BCUT2D eigenvalue weighted by Crippen LogP contribution is 2.19. The van der Waals surface area contributed by atoms with Crippen LogP contribution in [0.25, 0.3) is 0 Å². The van der Waals surface area contributed by atoms with E-state index in [1.54, 1.807) is 0 Å². The normalized spacial score (nSPS) is 12.4. The van der Waals surface area contributed by atoms with E-state index in [0.717, 1.165) is 38.5 Å². The summed E-state index contributed by atoms with van der Waals surface area (Å²) in [7, 11) is 0. The Morgan fingerprint density at radius 2 is 0.562 bits per heavy atom. The number of amides is 1. The van der Waals surface area contributed by atoms with Gasteiger partial charge in [-0.1, -0.05) is 354 Å². The van der Waals surface area contributed by atoms with Crippen molar-refractivity contribution in [1.29, 1.82) is 0 Å². The summed E-state index contributed by atoms with van der Waals surface area (Å²) < 4.78 is 5.51. The number of esters is 1. The highest BCUT2D eigenvalue weighted by molar-refractivity contribution is 5.76. The summed E-state index contributed by atoms with van der Waals surface area (Å²) >= 11 is 0. The van der Waals surface area contributed by atoms with Crippen molar-refractivity contribution in [3.63, 3.8) is 0 Å². The van der Waals surface area contributed by atoms with Gasteiger partial charge < -0.3 is 20.3 Å². The fraction of sp³-hybridized carbons (Fsp3) is 0.970. The number of rotatable bonds is 64. The number of nitrogens with one attached hydrogen (secondary N) is 1. The molecule has 0 spiro atoms. The lowest BCUT2D eigenvalue weighted by molar-refractivity contribution is -0.143. The maximum Gasteiger partial charge on any atom is 0.305 e. The predicted octanol–water partition coefficient (Wildman–Crippen LogP) is 21.4. The smallest absolute Gasteiger partial charge is 0.305 e. The predicted molar refractivity (Wildman–Crippen MR) is 320 cm³/mol. The van der Waals surface area contributed by atoms with E-state index in [-0.39, 0.29) is 18.5 Å². The second-order valence-electron chi connectivity index (χ2n) is 23.5. The zero-order valence-corrected chi connectivity index (χ0v) is 49.9. The van der Waals surface area contributed by atoms with E-state index in [4.69, 9.17) is 4.74 Å². The summed E-state index contributed by atoms with van der Waals surface area (Å²) in [6.45, 7) is 5.00. The second kappa shape index (κ2) is 63.4. The van der Waals surface area contributed by atoms with Gasteiger partial charge in [-0.3, -0.25) is 9.59 Å². The van der Waals surface area contributed by atoms with Crippen LogP contribution in [0.3, 0.4) is 0 Å². The molecule has 0 aliphatic heterocycles. The summed E-state index contributed by atoms with van der Waals surface area (Å²) in [4.78, 5) is 24.6.